The van der Waals surface area contributed by atoms with Gasteiger partial charge in [-0.15, -0.1) is 0 Å². The van der Waals surface area contributed by atoms with Gasteiger partial charge < -0.3 is 18.9 Å². The van der Waals surface area contributed by atoms with E-state index in [-0.39, 0.29) is 49.1 Å². The SMILES string of the molecule is CCOc1ccccc1OCC(=O)NNC(=O)c1ccc(OC)c(S(=O)(=O)N2CCOCC2)c1. The molecule has 0 aromatic heterocycles. The van der Waals surface area contributed by atoms with Gasteiger partial charge in [-0.2, -0.15) is 4.31 Å². The lowest BCUT2D eigenvalue weighted by Gasteiger charge is -2.26. The van der Waals surface area contributed by atoms with E-state index in [0.29, 0.717) is 18.1 Å². The molecule has 0 saturated carbocycles. The van der Waals surface area contributed by atoms with Gasteiger partial charge in [0.05, 0.1) is 26.9 Å². The van der Waals surface area contributed by atoms with E-state index in [2.05, 4.69) is 10.9 Å². The van der Waals surface area contributed by atoms with Crippen molar-refractivity contribution in [3.8, 4) is 17.2 Å². The van der Waals surface area contributed by atoms with E-state index in [1.54, 1.807) is 24.3 Å². The molecule has 3 rings (SSSR count). The van der Waals surface area contributed by atoms with E-state index < -0.39 is 21.8 Å². The van der Waals surface area contributed by atoms with Gasteiger partial charge in [0.1, 0.15) is 10.6 Å². The Balaban J connectivity index is 1.64. The molecule has 2 amide bonds. The average molecular weight is 494 g/mol. The van der Waals surface area contributed by atoms with Gasteiger partial charge in [0, 0.05) is 18.7 Å². The number of hydrogen-bond donors (Lipinski definition) is 2. The number of para-hydroxylation sites is 2. The molecule has 2 aromatic carbocycles. The lowest BCUT2D eigenvalue weighted by atomic mass is 10.2. The first-order chi connectivity index (χ1) is 16.4. The van der Waals surface area contributed by atoms with Gasteiger partial charge >= 0.3 is 0 Å². The summed E-state index contributed by atoms with van der Waals surface area (Å²) >= 11 is 0. The van der Waals surface area contributed by atoms with Crippen LogP contribution in [-0.4, -0.2) is 71.2 Å². The molecular formula is C22H27N3O8S. The van der Waals surface area contributed by atoms with Crippen LogP contribution in [0.4, 0.5) is 0 Å². The molecule has 0 atom stereocenters. The number of ether oxygens (including phenoxy) is 4. The Labute approximate surface area is 197 Å². The summed E-state index contributed by atoms with van der Waals surface area (Å²) in [6.45, 7) is 2.86. The van der Waals surface area contributed by atoms with E-state index in [9.17, 15) is 18.0 Å². The lowest BCUT2D eigenvalue weighted by molar-refractivity contribution is -0.123. The number of carbonyl (C=O) groups is 2. The molecule has 11 nitrogen and oxygen atoms in total. The molecule has 0 aliphatic carbocycles. The smallest absolute Gasteiger partial charge is 0.276 e. The normalized spacial score (nSPS) is 14.2. The van der Waals surface area contributed by atoms with Gasteiger partial charge in [-0.3, -0.25) is 20.4 Å². The van der Waals surface area contributed by atoms with E-state index in [1.165, 1.54) is 29.6 Å². The van der Waals surface area contributed by atoms with E-state index in [4.69, 9.17) is 18.9 Å². The van der Waals surface area contributed by atoms with Crippen LogP contribution in [0.1, 0.15) is 17.3 Å². The molecular weight excluding hydrogens is 466 g/mol. The molecule has 184 valence electrons. The number of carbonyl (C=O) groups excluding carboxylic acids is 2. The molecule has 0 spiro atoms. The van der Waals surface area contributed by atoms with Crippen LogP contribution in [0.2, 0.25) is 0 Å². The van der Waals surface area contributed by atoms with Crippen LogP contribution in [0.3, 0.4) is 0 Å². The highest BCUT2D eigenvalue weighted by molar-refractivity contribution is 7.89. The molecule has 34 heavy (non-hydrogen) atoms. The minimum absolute atomic E-state index is 0.0237. The zero-order valence-electron chi connectivity index (χ0n) is 18.9. The molecule has 1 aliphatic rings. The molecule has 0 radical (unpaired) electrons. The highest BCUT2D eigenvalue weighted by Crippen LogP contribution is 2.28. The molecule has 1 heterocycles. The second kappa shape index (κ2) is 11.7. The highest BCUT2D eigenvalue weighted by Gasteiger charge is 2.30. The van der Waals surface area contributed by atoms with Crippen LogP contribution in [0.5, 0.6) is 17.2 Å². The number of rotatable bonds is 9. The number of amides is 2. The van der Waals surface area contributed by atoms with E-state index in [0.717, 1.165) is 0 Å². The number of sulfonamides is 1. The van der Waals surface area contributed by atoms with Crippen LogP contribution < -0.4 is 25.1 Å². The number of nitrogens with zero attached hydrogens (tertiary/aromatic N) is 1. The number of nitrogens with one attached hydrogen (secondary N) is 2. The Morgan fingerprint density at radius 2 is 1.68 bits per heavy atom. The number of hydrazine groups is 1. The van der Waals surface area contributed by atoms with Crippen molar-refractivity contribution >= 4 is 21.8 Å². The van der Waals surface area contributed by atoms with E-state index in [1.807, 2.05) is 6.92 Å². The lowest BCUT2D eigenvalue weighted by Crippen LogP contribution is -2.44. The summed E-state index contributed by atoms with van der Waals surface area (Å²) in [5.74, 6) is -0.333. The molecule has 1 fully saturated rings. The highest BCUT2D eigenvalue weighted by atomic mass is 32.2. The van der Waals surface area contributed by atoms with Crippen LogP contribution in [0.25, 0.3) is 0 Å². The molecule has 2 N–H and O–H groups in total. The summed E-state index contributed by atoms with van der Waals surface area (Å²) in [6.07, 6.45) is 0. The maximum absolute atomic E-state index is 13.1. The van der Waals surface area contributed by atoms with Crippen LogP contribution >= 0.6 is 0 Å². The van der Waals surface area contributed by atoms with E-state index >= 15 is 0 Å². The van der Waals surface area contributed by atoms with Crippen molar-refractivity contribution in [1.82, 2.24) is 15.2 Å². The third kappa shape index (κ3) is 6.16. The minimum atomic E-state index is -3.91. The number of methoxy groups -OCH3 is 1. The Morgan fingerprint density at radius 3 is 2.32 bits per heavy atom. The molecule has 0 unspecified atom stereocenters. The standard InChI is InChI=1S/C22H27N3O8S/c1-3-32-17-6-4-5-7-18(17)33-15-21(26)23-24-22(27)16-8-9-19(30-2)20(14-16)34(28,29)25-10-12-31-13-11-25/h4-9,14H,3,10-13,15H2,1-2H3,(H,23,26)(H,24,27). The van der Waals surface area contributed by atoms with Crippen molar-refractivity contribution in [3.05, 3.63) is 48.0 Å². The maximum Gasteiger partial charge on any atom is 0.276 e. The average Bonchev–Trinajstić information content (AvgIpc) is 2.87. The predicted octanol–water partition coefficient (Wildman–Crippen LogP) is 0.955. The minimum Gasteiger partial charge on any atom is -0.495 e. The first kappa shape index (κ1) is 25.3. The Morgan fingerprint density at radius 1 is 1.00 bits per heavy atom. The maximum atomic E-state index is 13.1. The van der Waals surface area contributed by atoms with Crippen LogP contribution in [0.15, 0.2) is 47.4 Å². The number of morpholine rings is 1. The van der Waals surface area contributed by atoms with Crippen molar-refractivity contribution in [2.75, 3.05) is 46.6 Å². The molecule has 1 aliphatic heterocycles. The third-order valence-corrected chi connectivity index (χ3v) is 6.76. The summed E-state index contributed by atoms with van der Waals surface area (Å²) in [6, 6.07) is 10.9. The summed E-state index contributed by atoms with van der Waals surface area (Å²) < 4.78 is 48.7. The van der Waals surface area contributed by atoms with Gasteiger partial charge in [-0.1, -0.05) is 12.1 Å². The predicted molar refractivity (Wildman–Crippen MR) is 121 cm³/mol. The van der Waals surface area contributed by atoms with Crippen LogP contribution in [-0.2, 0) is 19.6 Å². The van der Waals surface area contributed by atoms with Crippen molar-refractivity contribution in [2.24, 2.45) is 0 Å². The monoisotopic (exact) mass is 493 g/mol. The Hall–Kier alpha value is -3.35. The summed E-state index contributed by atoms with van der Waals surface area (Å²) in [5, 5.41) is 0. The van der Waals surface area contributed by atoms with Crippen LogP contribution in [0, 0.1) is 0 Å². The largest absolute Gasteiger partial charge is 0.495 e. The fourth-order valence-electron chi connectivity index (χ4n) is 3.17. The number of benzene rings is 2. The second-order valence-corrected chi connectivity index (χ2v) is 8.96. The third-order valence-electron chi connectivity index (χ3n) is 4.84. The molecule has 2 aromatic rings. The summed E-state index contributed by atoms with van der Waals surface area (Å²) in [7, 11) is -2.57. The van der Waals surface area contributed by atoms with Crippen molar-refractivity contribution < 1.29 is 37.0 Å². The van der Waals surface area contributed by atoms with Gasteiger partial charge in [-0.05, 0) is 37.3 Å². The second-order valence-electron chi connectivity index (χ2n) is 7.05. The van der Waals surface area contributed by atoms with Gasteiger partial charge in [0.2, 0.25) is 10.0 Å². The Kier molecular flexibility index (Phi) is 8.68. The zero-order valence-corrected chi connectivity index (χ0v) is 19.7. The zero-order chi connectivity index (χ0) is 24.6. The van der Waals surface area contributed by atoms with Gasteiger partial charge in [0.25, 0.3) is 11.8 Å². The van der Waals surface area contributed by atoms with Gasteiger partial charge in [-0.25, -0.2) is 8.42 Å². The van der Waals surface area contributed by atoms with Crippen molar-refractivity contribution in [2.45, 2.75) is 11.8 Å². The molecule has 12 heteroatoms. The first-order valence-electron chi connectivity index (χ1n) is 10.6. The quantitative estimate of drug-likeness (QED) is 0.494. The topological polar surface area (TPSA) is 132 Å². The fraction of sp³-hybridized carbons (Fsp3) is 0.364. The first-order valence-corrected chi connectivity index (χ1v) is 12.0. The molecule has 1 saturated heterocycles. The van der Waals surface area contributed by atoms with Gasteiger partial charge in [0.15, 0.2) is 18.1 Å². The van der Waals surface area contributed by atoms with Crippen molar-refractivity contribution in [1.29, 1.82) is 0 Å². The number of hydrogen-bond acceptors (Lipinski definition) is 8. The Bertz CT molecular complexity index is 1120. The fourth-order valence-corrected chi connectivity index (χ4v) is 4.76. The summed E-state index contributed by atoms with van der Waals surface area (Å²) in [4.78, 5) is 24.5. The summed E-state index contributed by atoms with van der Waals surface area (Å²) in [5.41, 5.74) is 4.52. The molecule has 0 bridgehead atoms. The van der Waals surface area contributed by atoms with Crippen molar-refractivity contribution in [3.63, 3.8) is 0 Å².